The van der Waals surface area contributed by atoms with Crippen molar-refractivity contribution in [2.45, 2.75) is 11.3 Å². The van der Waals surface area contributed by atoms with Crippen LogP contribution < -0.4 is 4.72 Å². The van der Waals surface area contributed by atoms with Crippen molar-refractivity contribution in [2.24, 2.45) is 0 Å². The van der Waals surface area contributed by atoms with Crippen LogP contribution in [0.3, 0.4) is 0 Å². The summed E-state index contributed by atoms with van der Waals surface area (Å²) in [5.74, 6) is -1.98. The second-order valence-corrected chi connectivity index (χ2v) is 6.89. The largest absolute Gasteiger partial charge is 0.244 e. The van der Waals surface area contributed by atoms with Gasteiger partial charge in [-0.3, -0.25) is 0 Å². The molecule has 0 aromatic heterocycles. The lowest BCUT2D eigenvalue weighted by Gasteiger charge is -2.09. The van der Waals surface area contributed by atoms with Crippen LogP contribution in [0.1, 0.15) is 5.56 Å². The van der Waals surface area contributed by atoms with Crippen LogP contribution in [0.5, 0.6) is 0 Å². The third kappa shape index (κ3) is 4.09. The average molecular weight is 376 g/mol. The Morgan fingerprint density at radius 3 is 2.38 bits per heavy atom. The molecule has 0 radical (unpaired) electrons. The molecule has 0 aliphatic rings. The van der Waals surface area contributed by atoms with Crippen molar-refractivity contribution in [1.29, 1.82) is 0 Å². The number of halogens is 3. The molecule has 2 rings (SSSR count). The van der Waals surface area contributed by atoms with Crippen molar-refractivity contribution < 1.29 is 17.2 Å². The van der Waals surface area contributed by atoms with Gasteiger partial charge < -0.3 is 0 Å². The molecule has 0 fully saturated rings. The van der Waals surface area contributed by atoms with Gasteiger partial charge in [-0.05, 0) is 34.0 Å². The Hall–Kier alpha value is -1.31. The molecule has 112 valence electrons. The Morgan fingerprint density at radius 2 is 1.76 bits per heavy atom. The second kappa shape index (κ2) is 6.64. The standard InChI is InChI=1S/C14H12BrF2NO2S/c15-12-8-11(16)9-13(17)14(12)21(19,20)18-7-6-10-4-2-1-3-5-10/h1-5,8-9,18H,6-7H2. The number of hydrogen-bond donors (Lipinski definition) is 1. The molecule has 21 heavy (non-hydrogen) atoms. The van der Waals surface area contributed by atoms with E-state index in [2.05, 4.69) is 20.7 Å². The van der Waals surface area contributed by atoms with E-state index in [9.17, 15) is 17.2 Å². The van der Waals surface area contributed by atoms with E-state index < -0.39 is 26.6 Å². The van der Waals surface area contributed by atoms with E-state index in [-0.39, 0.29) is 11.0 Å². The summed E-state index contributed by atoms with van der Waals surface area (Å²) in [6.45, 7) is 0.121. The van der Waals surface area contributed by atoms with Crippen LogP contribution >= 0.6 is 15.9 Å². The zero-order valence-corrected chi connectivity index (χ0v) is 13.2. The predicted molar refractivity (Wildman–Crippen MR) is 79.4 cm³/mol. The first-order valence-electron chi connectivity index (χ1n) is 6.08. The Morgan fingerprint density at radius 1 is 1.10 bits per heavy atom. The number of nitrogens with one attached hydrogen (secondary N) is 1. The molecule has 0 saturated heterocycles. The van der Waals surface area contributed by atoms with Gasteiger partial charge in [0.15, 0.2) is 0 Å². The molecule has 0 aliphatic heterocycles. The maximum atomic E-state index is 13.7. The van der Waals surface area contributed by atoms with Crippen LogP contribution in [0.15, 0.2) is 51.8 Å². The molecule has 0 heterocycles. The Labute approximate surface area is 130 Å². The van der Waals surface area contributed by atoms with Crippen LogP contribution in [0.4, 0.5) is 8.78 Å². The summed E-state index contributed by atoms with van der Waals surface area (Å²) in [4.78, 5) is -0.586. The van der Waals surface area contributed by atoms with Gasteiger partial charge in [0.25, 0.3) is 0 Å². The second-order valence-electron chi connectivity index (χ2n) is 4.33. The van der Waals surface area contributed by atoms with Gasteiger partial charge in [0, 0.05) is 17.1 Å². The monoisotopic (exact) mass is 375 g/mol. The molecule has 0 amide bonds. The molecule has 0 spiro atoms. The molecule has 0 saturated carbocycles. The summed E-state index contributed by atoms with van der Waals surface area (Å²) in [7, 11) is -4.05. The number of sulfonamides is 1. The first-order valence-corrected chi connectivity index (χ1v) is 8.36. The topological polar surface area (TPSA) is 46.2 Å². The van der Waals surface area contributed by atoms with Gasteiger partial charge in [0.05, 0.1) is 0 Å². The van der Waals surface area contributed by atoms with Gasteiger partial charge in [-0.1, -0.05) is 30.3 Å². The summed E-state index contributed by atoms with van der Waals surface area (Å²) in [6.07, 6.45) is 0.473. The van der Waals surface area contributed by atoms with Gasteiger partial charge in [-0.2, -0.15) is 0 Å². The summed E-state index contributed by atoms with van der Waals surface area (Å²) < 4.78 is 53.0. The number of benzene rings is 2. The smallest absolute Gasteiger partial charge is 0.211 e. The lowest BCUT2D eigenvalue weighted by atomic mass is 10.2. The zero-order valence-electron chi connectivity index (χ0n) is 10.8. The minimum absolute atomic E-state index is 0.121. The minimum Gasteiger partial charge on any atom is -0.211 e. The van der Waals surface area contributed by atoms with Crippen LogP contribution in [0.2, 0.25) is 0 Å². The molecule has 2 aromatic carbocycles. The van der Waals surface area contributed by atoms with Crippen LogP contribution in [-0.4, -0.2) is 15.0 Å². The normalized spacial score (nSPS) is 11.6. The van der Waals surface area contributed by atoms with Crippen LogP contribution in [0.25, 0.3) is 0 Å². The summed E-state index contributed by atoms with van der Waals surface area (Å²) >= 11 is 2.87. The molecule has 0 atom stereocenters. The van der Waals surface area contributed by atoms with Gasteiger partial charge in [0.1, 0.15) is 16.5 Å². The van der Waals surface area contributed by atoms with Crippen molar-refractivity contribution in [2.75, 3.05) is 6.54 Å². The first kappa shape index (κ1) is 16.1. The maximum Gasteiger partial charge on any atom is 0.244 e. The Bertz CT molecular complexity index is 713. The fourth-order valence-electron chi connectivity index (χ4n) is 1.83. The molecule has 7 heteroatoms. The van der Waals surface area contributed by atoms with E-state index in [0.717, 1.165) is 11.6 Å². The highest BCUT2D eigenvalue weighted by Crippen LogP contribution is 2.26. The SMILES string of the molecule is O=S(=O)(NCCc1ccccc1)c1c(F)cc(F)cc1Br. The molecule has 0 unspecified atom stereocenters. The molecule has 2 aromatic rings. The molecule has 0 aliphatic carbocycles. The Kier molecular flexibility index (Phi) is 5.08. The fourth-order valence-corrected chi connectivity index (χ4v) is 4.03. The van der Waals surface area contributed by atoms with Crippen molar-refractivity contribution in [1.82, 2.24) is 4.72 Å². The fraction of sp³-hybridized carbons (Fsp3) is 0.143. The van der Waals surface area contributed by atoms with Crippen molar-refractivity contribution in [3.8, 4) is 0 Å². The lowest BCUT2D eigenvalue weighted by Crippen LogP contribution is -2.27. The van der Waals surface area contributed by atoms with E-state index in [1.807, 2.05) is 30.3 Å². The minimum atomic E-state index is -4.05. The van der Waals surface area contributed by atoms with Crippen molar-refractivity contribution >= 4 is 26.0 Å². The molecule has 3 nitrogen and oxygen atoms in total. The number of rotatable bonds is 5. The molecular weight excluding hydrogens is 364 g/mol. The van der Waals surface area contributed by atoms with Crippen molar-refractivity contribution in [3.63, 3.8) is 0 Å². The highest BCUT2D eigenvalue weighted by molar-refractivity contribution is 9.10. The van der Waals surface area contributed by atoms with E-state index in [1.54, 1.807) is 0 Å². The third-order valence-electron chi connectivity index (χ3n) is 2.78. The third-order valence-corrected chi connectivity index (χ3v) is 5.20. The number of hydrogen-bond acceptors (Lipinski definition) is 2. The summed E-state index contributed by atoms with van der Waals surface area (Å²) in [5, 5.41) is 0. The van der Waals surface area contributed by atoms with Crippen LogP contribution in [-0.2, 0) is 16.4 Å². The molecule has 1 N–H and O–H groups in total. The van der Waals surface area contributed by atoms with E-state index in [0.29, 0.717) is 12.5 Å². The molecule has 0 bridgehead atoms. The van der Waals surface area contributed by atoms with Gasteiger partial charge in [-0.25, -0.2) is 21.9 Å². The quantitative estimate of drug-likeness (QED) is 0.871. The van der Waals surface area contributed by atoms with E-state index >= 15 is 0 Å². The lowest BCUT2D eigenvalue weighted by molar-refractivity contribution is 0.541. The van der Waals surface area contributed by atoms with Gasteiger partial charge in [0.2, 0.25) is 10.0 Å². The first-order chi connectivity index (χ1) is 9.90. The maximum absolute atomic E-state index is 13.7. The summed E-state index contributed by atoms with van der Waals surface area (Å²) in [6, 6.07) is 10.7. The van der Waals surface area contributed by atoms with Gasteiger partial charge >= 0.3 is 0 Å². The predicted octanol–water partition coefficient (Wildman–Crippen LogP) is 3.25. The van der Waals surface area contributed by atoms with E-state index in [4.69, 9.17) is 0 Å². The Balaban J connectivity index is 2.12. The summed E-state index contributed by atoms with van der Waals surface area (Å²) in [5.41, 5.74) is 0.957. The van der Waals surface area contributed by atoms with Crippen LogP contribution in [0, 0.1) is 11.6 Å². The zero-order chi connectivity index (χ0) is 15.5. The highest BCUT2D eigenvalue weighted by atomic mass is 79.9. The van der Waals surface area contributed by atoms with Crippen molar-refractivity contribution in [3.05, 3.63) is 64.1 Å². The average Bonchev–Trinajstić information content (AvgIpc) is 2.38. The molecular formula is C14H12BrF2NO2S. The van der Waals surface area contributed by atoms with E-state index in [1.165, 1.54) is 0 Å². The van der Waals surface area contributed by atoms with Gasteiger partial charge in [-0.15, -0.1) is 0 Å². The highest BCUT2D eigenvalue weighted by Gasteiger charge is 2.23.